The van der Waals surface area contributed by atoms with Gasteiger partial charge < -0.3 is 0 Å². The van der Waals surface area contributed by atoms with Gasteiger partial charge in [-0.2, -0.15) is 0 Å². The highest BCUT2D eigenvalue weighted by atomic mass is 14.8. The zero-order valence-corrected chi connectivity index (χ0v) is 27.2. The molecule has 0 fully saturated rings. The molecule has 0 bridgehead atoms. The maximum Gasteiger partial charge on any atom is 0.0971 e. The minimum Gasteiger partial charge on any atom is -0.252 e. The van der Waals surface area contributed by atoms with Crippen molar-refractivity contribution in [1.29, 1.82) is 0 Å². The van der Waals surface area contributed by atoms with Crippen LogP contribution < -0.4 is 0 Å². The van der Waals surface area contributed by atoms with E-state index in [1.807, 2.05) is 0 Å². The van der Waals surface area contributed by atoms with Crippen molar-refractivity contribution in [2.24, 2.45) is 0 Å². The van der Waals surface area contributed by atoms with Gasteiger partial charge in [0, 0.05) is 23.2 Å². The molecule has 0 radical (unpaired) electrons. The Morgan fingerprint density at radius 1 is 0.260 bits per heavy atom. The van der Waals surface area contributed by atoms with E-state index in [2.05, 4.69) is 170 Å². The van der Waals surface area contributed by atoms with E-state index in [0.717, 1.165) is 21.8 Å². The van der Waals surface area contributed by atoms with Crippen molar-refractivity contribution in [1.82, 2.24) is 9.97 Å². The Morgan fingerprint density at radius 3 is 1.10 bits per heavy atom. The maximum absolute atomic E-state index is 4.81. The molecule has 0 amide bonds. The van der Waals surface area contributed by atoms with E-state index in [-0.39, 0.29) is 0 Å². The predicted molar refractivity (Wildman–Crippen MR) is 211 cm³/mol. The Kier molecular flexibility index (Phi) is 6.53. The Hall–Kier alpha value is -6.64. The van der Waals surface area contributed by atoms with Crippen LogP contribution in [0.3, 0.4) is 0 Å². The molecule has 0 spiro atoms. The summed E-state index contributed by atoms with van der Waals surface area (Å²) in [5.41, 5.74) is 11.5. The fourth-order valence-corrected chi connectivity index (χ4v) is 7.68. The van der Waals surface area contributed by atoms with Gasteiger partial charge in [0.15, 0.2) is 0 Å². The monoisotopic (exact) mass is 634 g/mol. The molecule has 10 aromatic rings. The number of fused-ring (bicyclic) bond motifs is 8. The zero-order chi connectivity index (χ0) is 33.0. The summed E-state index contributed by atoms with van der Waals surface area (Å²) in [5.74, 6) is 0. The molecule has 0 aliphatic carbocycles. The SMILES string of the molecule is c1ccc2c(-c3ccc(-c4ccc5c(c4)c4cc(-c6ccc(-c7cccc8ccccc78)cc6)ccc4c4nccnc54)cc3)cccc2c1. The molecule has 1 heterocycles. The van der Waals surface area contributed by atoms with E-state index in [9.17, 15) is 0 Å². The third-order valence-corrected chi connectivity index (χ3v) is 10.2. The highest BCUT2D eigenvalue weighted by Gasteiger charge is 2.14. The van der Waals surface area contributed by atoms with Gasteiger partial charge >= 0.3 is 0 Å². The standard InChI is InChI=1S/C48H30N2/c1-3-11-39-33(7-1)9-5-13-41(39)35-19-15-31(16-20-35)37-23-25-43-45(29-37)46-30-38(24-26-44(46)48-47(43)49-27-28-50-48)32-17-21-36(22-18-32)42-14-6-10-34-8-2-4-12-40(34)42/h1-30H. The molecule has 1 aromatic heterocycles. The zero-order valence-electron chi connectivity index (χ0n) is 27.2. The number of benzene rings is 9. The molecule has 2 heteroatoms. The molecule has 0 N–H and O–H groups in total. The molecule has 2 nitrogen and oxygen atoms in total. The van der Waals surface area contributed by atoms with Crippen LogP contribution in [-0.4, -0.2) is 9.97 Å². The first kappa shape index (κ1) is 28.4. The van der Waals surface area contributed by atoms with Gasteiger partial charge in [-0.05, 0) is 89.0 Å². The number of aromatic nitrogens is 2. The summed E-state index contributed by atoms with van der Waals surface area (Å²) in [5, 5.41) is 9.63. The minimum atomic E-state index is 0.931. The molecule has 0 aliphatic heterocycles. The average molecular weight is 635 g/mol. The van der Waals surface area contributed by atoms with E-state index in [1.165, 1.54) is 76.8 Å². The van der Waals surface area contributed by atoms with Crippen molar-refractivity contribution in [3.05, 3.63) is 182 Å². The third kappa shape index (κ3) is 4.65. The van der Waals surface area contributed by atoms with Crippen molar-refractivity contribution in [2.45, 2.75) is 0 Å². The number of nitrogens with zero attached hydrogens (tertiary/aromatic N) is 2. The molecule has 10 rings (SSSR count). The lowest BCUT2D eigenvalue weighted by molar-refractivity contribution is 1.31. The summed E-state index contributed by atoms with van der Waals surface area (Å²) in [6.45, 7) is 0. The van der Waals surface area contributed by atoms with Crippen molar-refractivity contribution < 1.29 is 0 Å². The average Bonchev–Trinajstić information content (AvgIpc) is 3.20. The highest BCUT2D eigenvalue weighted by Crippen LogP contribution is 2.39. The van der Waals surface area contributed by atoms with Crippen LogP contribution in [0, 0.1) is 0 Å². The smallest absolute Gasteiger partial charge is 0.0971 e. The van der Waals surface area contributed by atoms with Gasteiger partial charge in [-0.15, -0.1) is 0 Å². The minimum absolute atomic E-state index is 0.931. The molecule has 0 atom stereocenters. The Bertz CT molecular complexity index is 2690. The second-order valence-electron chi connectivity index (χ2n) is 13.0. The fourth-order valence-electron chi connectivity index (χ4n) is 7.68. The van der Waals surface area contributed by atoms with Crippen LogP contribution in [0.2, 0.25) is 0 Å². The third-order valence-electron chi connectivity index (χ3n) is 10.2. The van der Waals surface area contributed by atoms with Gasteiger partial charge in [0.25, 0.3) is 0 Å². The second kappa shape index (κ2) is 11.5. The van der Waals surface area contributed by atoms with Gasteiger partial charge in [0.05, 0.1) is 11.0 Å². The molecule has 9 aromatic carbocycles. The van der Waals surface area contributed by atoms with Gasteiger partial charge in [0.2, 0.25) is 0 Å². The van der Waals surface area contributed by atoms with Crippen molar-refractivity contribution in [3.63, 3.8) is 0 Å². The molecule has 0 aliphatic rings. The second-order valence-corrected chi connectivity index (χ2v) is 13.0. The summed E-state index contributed by atoms with van der Waals surface area (Å²) < 4.78 is 0. The summed E-state index contributed by atoms with van der Waals surface area (Å²) in [6.07, 6.45) is 3.58. The van der Waals surface area contributed by atoms with E-state index in [1.54, 1.807) is 12.4 Å². The van der Waals surface area contributed by atoms with E-state index >= 15 is 0 Å². The van der Waals surface area contributed by atoms with Crippen LogP contribution in [0.4, 0.5) is 0 Å². The summed E-state index contributed by atoms with van der Waals surface area (Å²) in [6, 6.07) is 61.6. The Balaban J connectivity index is 1.08. The van der Waals surface area contributed by atoms with Crippen molar-refractivity contribution >= 4 is 54.1 Å². The van der Waals surface area contributed by atoms with Crippen LogP contribution in [0.1, 0.15) is 0 Å². The van der Waals surface area contributed by atoms with Crippen molar-refractivity contribution in [2.75, 3.05) is 0 Å². The van der Waals surface area contributed by atoms with Crippen LogP contribution >= 0.6 is 0 Å². The van der Waals surface area contributed by atoms with E-state index in [4.69, 9.17) is 9.97 Å². The largest absolute Gasteiger partial charge is 0.252 e. The topological polar surface area (TPSA) is 25.8 Å². The van der Waals surface area contributed by atoms with Crippen molar-refractivity contribution in [3.8, 4) is 44.5 Å². The quantitative estimate of drug-likeness (QED) is 0.180. The Morgan fingerprint density at radius 2 is 0.640 bits per heavy atom. The van der Waals surface area contributed by atoms with Gasteiger partial charge in [0.1, 0.15) is 0 Å². The lowest BCUT2D eigenvalue weighted by Gasteiger charge is -2.13. The molecule has 0 unspecified atom stereocenters. The van der Waals surface area contributed by atoms with E-state index < -0.39 is 0 Å². The maximum atomic E-state index is 4.81. The van der Waals surface area contributed by atoms with E-state index in [0.29, 0.717) is 0 Å². The van der Waals surface area contributed by atoms with Crippen LogP contribution in [0.25, 0.3) is 98.6 Å². The first-order valence-corrected chi connectivity index (χ1v) is 17.1. The van der Waals surface area contributed by atoms with Crippen LogP contribution in [-0.2, 0) is 0 Å². The molecule has 0 saturated carbocycles. The first-order chi connectivity index (χ1) is 24.8. The molecule has 0 saturated heterocycles. The lowest BCUT2D eigenvalue weighted by Crippen LogP contribution is -1.90. The molecule has 232 valence electrons. The highest BCUT2D eigenvalue weighted by molar-refractivity contribution is 6.24. The van der Waals surface area contributed by atoms with Crippen LogP contribution in [0.15, 0.2) is 182 Å². The summed E-state index contributed by atoms with van der Waals surface area (Å²) >= 11 is 0. The Labute approximate surface area is 290 Å². The number of hydrogen-bond acceptors (Lipinski definition) is 2. The predicted octanol–water partition coefficient (Wildman–Crippen LogP) is 12.9. The van der Waals surface area contributed by atoms with Gasteiger partial charge in [-0.3, -0.25) is 9.97 Å². The van der Waals surface area contributed by atoms with Gasteiger partial charge in [-0.25, -0.2) is 0 Å². The van der Waals surface area contributed by atoms with Crippen LogP contribution in [0.5, 0.6) is 0 Å². The first-order valence-electron chi connectivity index (χ1n) is 17.1. The number of rotatable bonds is 4. The molecular formula is C48H30N2. The molecular weight excluding hydrogens is 605 g/mol. The summed E-state index contributed by atoms with van der Waals surface area (Å²) in [7, 11) is 0. The summed E-state index contributed by atoms with van der Waals surface area (Å²) in [4.78, 5) is 9.62. The number of hydrogen-bond donors (Lipinski definition) is 0. The van der Waals surface area contributed by atoms with Gasteiger partial charge in [-0.1, -0.05) is 158 Å². The normalized spacial score (nSPS) is 11.6. The lowest BCUT2D eigenvalue weighted by atomic mass is 9.92. The fraction of sp³-hybridized carbons (Fsp3) is 0. The molecule has 50 heavy (non-hydrogen) atoms.